The van der Waals surface area contributed by atoms with Gasteiger partial charge in [-0.2, -0.15) is 0 Å². The molecule has 0 bridgehead atoms. The Balaban J connectivity index is 1.63. The van der Waals surface area contributed by atoms with Crippen LogP contribution in [0.1, 0.15) is 65.7 Å². The molecule has 0 aromatic rings. The van der Waals surface area contributed by atoms with Gasteiger partial charge in [-0.1, -0.05) is 58.6 Å². The van der Waals surface area contributed by atoms with E-state index < -0.39 is 0 Å². The highest BCUT2D eigenvalue weighted by Gasteiger charge is 2.58. The first-order valence-corrected chi connectivity index (χ1v) is 9.82. The summed E-state index contributed by atoms with van der Waals surface area (Å²) in [5.41, 5.74) is 1.70. The summed E-state index contributed by atoms with van der Waals surface area (Å²) in [5, 5.41) is 0. The van der Waals surface area contributed by atoms with Crippen LogP contribution in [-0.2, 0) is 0 Å². The molecule has 4 aliphatic carbocycles. The van der Waals surface area contributed by atoms with Gasteiger partial charge < -0.3 is 0 Å². The maximum absolute atomic E-state index is 4.69. The lowest BCUT2D eigenvalue weighted by Crippen LogP contribution is -2.40. The van der Waals surface area contributed by atoms with E-state index in [4.69, 9.17) is 0 Å². The second kappa shape index (κ2) is 5.14. The molecule has 9 atom stereocenters. The fourth-order valence-electron chi connectivity index (χ4n) is 7.64. The van der Waals surface area contributed by atoms with Crippen molar-refractivity contribution in [2.24, 2.45) is 53.3 Å². The van der Waals surface area contributed by atoms with Gasteiger partial charge in [-0.05, 0) is 72.5 Å². The summed E-state index contributed by atoms with van der Waals surface area (Å²) in [7, 11) is 0. The van der Waals surface area contributed by atoms with Gasteiger partial charge in [0, 0.05) is 0 Å². The van der Waals surface area contributed by atoms with E-state index in [0.29, 0.717) is 0 Å². The van der Waals surface area contributed by atoms with E-state index in [2.05, 4.69) is 27.4 Å². The largest absolute Gasteiger partial charge is 0.0993 e. The SMILES string of the molecule is C=C1C2C(C)C(CC)CC2C2C[C@H]3CCCC[C@H]3C(C)C12. The maximum Gasteiger partial charge on any atom is -0.0143 e. The molecule has 4 aliphatic rings. The molecule has 118 valence electrons. The predicted octanol–water partition coefficient (Wildman–Crippen LogP) is 5.93. The zero-order valence-corrected chi connectivity index (χ0v) is 14.4. The normalized spacial score (nSPS) is 56.0. The number of hydrogen-bond donors (Lipinski definition) is 0. The fraction of sp³-hybridized carbons (Fsp3) is 0.905. The van der Waals surface area contributed by atoms with Crippen LogP contribution in [0.4, 0.5) is 0 Å². The molecule has 4 rings (SSSR count). The topological polar surface area (TPSA) is 0 Å². The monoisotopic (exact) mass is 286 g/mol. The lowest BCUT2D eigenvalue weighted by Gasteiger charge is -2.48. The summed E-state index contributed by atoms with van der Waals surface area (Å²) in [4.78, 5) is 0. The number of allylic oxidation sites excluding steroid dienone is 1. The third kappa shape index (κ3) is 1.93. The van der Waals surface area contributed by atoms with Crippen LogP contribution < -0.4 is 0 Å². The molecule has 0 aromatic heterocycles. The zero-order valence-electron chi connectivity index (χ0n) is 14.4. The van der Waals surface area contributed by atoms with Crippen molar-refractivity contribution >= 4 is 0 Å². The van der Waals surface area contributed by atoms with Crippen molar-refractivity contribution in [3.63, 3.8) is 0 Å². The third-order valence-corrected chi connectivity index (χ3v) is 8.52. The molecule has 0 aliphatic heterocycles. The number of fused-ring (bicyclic) bond motifs is 4. The molecule has 0 N–H and O–H groups in total. The summed E-state index contributed by atoms with van der Waals surface area (Å²) in [6.45, 7) is 12.2. The molecule has 7 unspecified atom stereocenters. The lowest BCUT2D eigenvalue weighted by atomic mass is 9.57. The summed E-state index contributed by atoms with van der Waals surface area (Å²) >= 11 is 0. The Labute approximate surface area is 131 Å². The highest BCUT2D eigenvalue weighted by Crippen LogP contribution is 2.65. The predicted molar refractivity (Wildman–Crippen MR) is 89.9 cm³/mol. The van der Waals surface area contributed by atoms with Crippen LogP contribution in [0.5, 0.6) is 0 Å². The molecule has 0 aromatic carbocycles. The van der Waals surface area contributed by atoms with Gasteiger partial charge in [0.15, 0.2) is 0 Å². The van der Waals surface area contributed by atoms with Gasteiger partial charge in [0.05, 0.1) is 0 Å². The Kier molecular flexibility index (Phi) is 3.51. The first-order chi connectivity index (χ1) is 10.1. The van der Waals surface area contributed by atoms with Gasteiger partial charge in [0.1, 0.15) is 0 Å². The van der Waals surface area contributed by atoms with E-state index in [1.54, 1.807) is 12.0 Å². The van der Waals surface area contributed by atoms with Crippen LogP contribution in [0.25, 0.3) is 0 Å². The molecule has 21 heavy (non-hydrogen) atoms. The smallest absolute Gasteiger partial charge is 0.0143 e. The molecule has 0 amide bonds. The Hall–Kier alpha value is -0.260. The Morgan fingerprint density at radius 2 is 1.57 bits per heavy atom. The van der Waals surface area contributed by atoms with Crippen molar-refractivity contribution in [2.45, 2.75) is 65.7 Å². The molecule has 4 saturated carbocycles. The molecule has 0 heteroatoms. The number of rotatable bonds is 1. The van der Waals surface area contributed by atoms with E-state index in [-0.39, 0.29) is 0 Å². The average molecular weight is 287 g/mol. The Morgan fingerprint density at radius 3 is 2.33 bits per heavy atom. The van der Waals surface area contributed by atoms with Crippen molar-refractivity contribution in [1.29, 1.82) is 0 Å². The second-order valence-corrected chi connectivity index (χ2v) is 9.02. The first-order valence-electron chi connectivity index (χ1n) is 9.82. The van der Waals surface area contributed by atoms with Gasteiger partial charge in [0.2, 0.25) is 0 Å². The summed E-state index contributed by atoms with van der Waals surface area (Å²) < 4.78 is 0. The third-order valence-electron chi connectivity index (χ3n) is 8.52. The molecular weight excluding hydrogens is 252 g/mol. The van der Waals surface area contributed by atoms with Gasteiger partial charge >= 0.3 is 0 Å². The van der Waals surface area contributed by atoms with Gasteiger partial charge in [0.25, 0.3) is 0 Å². The Morgan fingerprint density at radius 1 is 0.905 bits per heavy atom. The lowest BCUT2D eigenvalue weighted by molar-refractivity contribution is 0.0300. The van der Waals surface area contributed by atoms with Crippen molar-refractivity contribution < 1.29 is 0 Å². The average Bonchev–Trinajstić information content (AvgIpc) is 2.96. The van der Waals surface area contributed by atoms with E-state index in [1.807, 2.05) is 0 Å². The Bertz CT molecular complexity index is 422. The van der Waals surface area contributed by atoms with E-state index in [0.717, 1.165) is 53.3 Å². The molecule has 0 saturated heterocycles. The van der Waals surface area contributed by atoms with Crippen molar-refractivity contribution in [2.75, 3.05) is 0 Å². The van der Waals surface area contributed by atoms with Crippen LogP contribution in [0.3, 0.4) is 0 Å². The van der Waals surface area contributed by atoms with Crippen molar-refractivity contribution in [3.05, 3.63) is 12.2 Å². The molecule has 0 spiro atoms. The van der Waals surface area contributed by atoms with Crippen LogP contribution in [0.2, 0.25) is 0 Å². The van der Waals surface area contributed by atoms with Crippen molar-refractivity contribution in [1.82, 2.24) is 0 Å². The summed E-state index contributed by atoms with van der Waals surface area (Å²) in [6.07, 6.45) is 10.5. The van der Waals surface area contributed by atoms with Gasteiger partial charge in [-0.3, -0.25) is 0 Å². The van der Waals surface area contributed by atoms with Crippen LogP contribution in [0, 0.1) is 53.3 Å². The fourth-order valence-corrected chi connectivity index (χ4v) is 7.64. The minimum absolute atomic E-state index is 0.882. The van der Waals surface area contributed by atoms with Crippen LogP contribution >= 0.6 is 0 Å². The summed E-state index contributed by atoms with van der Waals surface area (Å²) in [6, 6.07) is 0. The maximum atomic E-state index is 4.69. The molecule has 0 radical (unpaired) electrons. The highest BCUT2D eigenvalue weighted by atomic mass is 14.6. The van der Waals surface area contributed by atoms with E-state index >= 15 is 0 Å². The second-order valence-electron chi connectivity index (χ2n) is 9.02. The minimum Gasteiger partial charge on any atom is -0.0993 e. The van der Waals surface area contributed by atoms with Crippen LogP contribution in [0.15, 0.2) is 12.2 Å². The van der Waals surface area contributed by atoms with Crippen molar-refractivity contribution in [3.8, 4) is 0 Å². The molecular formula is C21H34. The standard InChI is InChI=1S/C21H34/c1-5-15-10-18-19-11-16-8-6-7-9-17(16)13(3)21(19)14(4)20(18)12(15)2/h12-13,15-21H,4-11H2,1-3H3/t12?,13?,15?,16-,17+,18?,19?,20?,21?/m1/s1. The van der Waals surface area contributed by atoms with Gasteiger partial charge in [-0.25, -0.2) is 0 Å². The quantitative estimate of drug-likeness (QED) is 0.524. The first kappa shape index (κ1) is 14.3. The van der Waals surface area contributed by atoms with E-state index in [9.17, 15) is 0 Å². The van der Waals surface area contributed by atoms with Gasteiger partial charge in [-0.15, -0.1) is 0 Å². The molecule has 0 nitrogen and oxygen atoms in total. The molecule has 0 heterocycles. The van der Waals surface area contributed by atoms with E-state index in [1.165, 1.54) is 38.5 Å². The van der Waals surface area contributed by atoms with Crippen LogP contribution in [-0.4, -0.2) is 0 Å². The highest BCUT2D eigenvalue weighted by molar-refractivity contribution is 5.24. The summed E-state index contributed by atoms with van der Waals surface area (Å²) in [5.74, 6) is 8.71. The zero-order chi connectivity index (χ0) is 14.7. The number of hydrogen-bond acceptors (Lipinski definition) is 0. The molecule has 4 fully saturated rings. The minimum atomic E-state index is 0.882.